The van der Waals surface area contributed by atoms with Crippen LogP contribution in [0, 0.1) is 11.6 Å². The van der Waals surface area contributed by atoms with E-state index < -0.39 is 29.2 Å². The van der Waals surface area contributed by atoms with E-state index in [4.69, 9.17) is 0 Å². The molecule has 0 unspecified atom stereocenters. The van der Waals surface area contributed by atoms with Gasteiger partial charge < -0.3 is 0 Å². The van der Waals surface area contributed by atoms with Crippen LogP contribution in [-0.4, -0.2) is 10.8 Å². The Hall–Kier alpha value is -2.31. The summed E-state index contributed by atoms with van der Waals surface area (Å²) in [5.74, 6) is -3.01. The van der Waals surface area contributed by atoms with Gasteiger partial charge >= 0.3 is 6.18 Å². The van der Waals surface area contributed by atoms with Crippen molar-refractivity contribution in [2.45, 2.75) is 6.18 Å². The van der Waals surface area contributed by atoms with Crippen LogP contribution in [0.2, 0.25) is 0 Å². The monoisotopic (exact) mass is 287 g/mol. The molecule has 1 aromatic heterocycles. The molecule has 0 aliphatic rings. The summed E-state index contributed by atoms with van der Waals surface area (Å²) in [6.45, 7) is 0. The van der Waals surface area contributed by atoms with Crippen molar-refractivity contribution in [1.29, 1.82) is 0 Å². The number of hydrogen-bond acceptors (Lipinski definition) is 2. The fourth-order valence-electron chi connectivity index (χ4n) is 1.54. The standard InChI is InChI=1S/C13H6F5NO/c14-8-2-4-11(19-6-8)12(20)7-1-3-10(15)9(5-7)13(16,17)18/h1-6H. The van der Waals surface area contributed by atoms with Crippen molar-refractivity contribution < 1.29 is 26.7 Å². The Balaban J connectivity index is 2.43. The largest absolute Gasteiger partial charge is 0.419 e. The van der Waals surface area contributed by atoms with Crippen LogP contribution in [0.3, 0.4) is 0 Å². The molecule has 104 valence electrons. The van der Waals surface area contributed by atoms with Gasteiger partial charge in [-0.15, -0.1) is 0 Å². The molecule has 0 N–H and O–H groups in total. The number of hydrogen-bond donors (Lipinski definition) is 0. The van der Waals surface area contributed by atoms with Gasteiger partial charge in [0.2, 0.25) is 5.78 Å². The van der Waals surface area contributed by atoms with Crippen LogP contribution in [0.25, 0.3) is 0 Å². The molecule has 2 rings (SSSR count). The van der Waals surface area contributed by atoms with Crippen molar-refractivity contribution in [1.82, 2.24) is 4.98 Å². The van der Waals surface area contributed by atoms with E-state index in [0.717, 1.165) is 24.4 Å². The Labute approximate surface area is 109 Å². The molecule has 0 saturated carbocycles. The topological polar surface area (TPSA) is 30.0 Å². The maximum Gasteiger partial charge on any atom is 0.419 e. The van der Waals surface area contributed by atoms with E-state index in [1.807, 2.05) is 0 Å². The molecule has 7 heteroatoms. The van der Waals surface area contributed by atoms with Crippen molar-refractivity contribution in [2.24, 2.45) is 0 Å². The van der Waals surface area contributed by atoms with Crippen molar-refractivity contribution in [3.63, 3.8) is 0 Å². The third kappa shape index (κ3) is 2.81. The summed E-state index contributed by atoms with van der Waals surface area (Å²) in [6, 6.07) is 3.86. The molecule has 0 atom stereocenters. The zero-order valence-electron chi connectivity index (χ0n) is 9.71. The molecule has 0 amide bonds. The van der Waals surface area contributed by atoms with Gasteiger partial charge in [0.1, 0.15) is 17.3 Å². The Morgan fingerprint density at radius 3 is 2.30 bits per heavy atom. The number of benzene rings is 1. The minimum absolute atomic E-state index is 0.230. The fraction of sp³-hybridized carbons (Fsp3) is 0.0769. The summed E-state index contributed by atoms with van der Waals surface area (Å²) >= 11 is 0. The maximum atomic E-state index is 13.1. The first-order valence-electron chi connectivity index (χ1n) is 5.32. The van der Waals surface area contributed by atoms with Gasteiger partial charge in [-0.3, -0.25) is 4.79 Å². The fourth-order valence-corrected chi connectivity index (χ4v) is 1.54. The van der Waals surface area contributed by atoms with Crippen LogP contribution in [0.15, 0.2) is 36.5 Å². The number of rotatable bonds is 2. The molecule has 2 aromatic rings. The Morgan fingerprint density at radius 2 is 1.75 bits per heavy atom. The van der Waals surface area contributed by atoms with Gasteiger partial charge in [-0.25, -0.2) is 13.8 Å². The number of ketones is 1. The lowest BCUT2D eigenvalue weighted by atomic mass is 10.0. The highest BCUT2D eigenvalue weighted by Crippen LogP contribution is 2.32. The summed E-state index contributed by atoms with van der Waals surface area (Å²) in [4.78, 5) is 15.3. The second-order valence-electron chi connectivity index (χ2n) is 3.88. The number of pyridine rings is 1. The Morgan fingerprint density at radius 1 is 1.05 bits per heavy atom. The molecule has 0 spiro atoms. The predicted molar refractivity (Wildman–Crippen MR) is 59.0 cm³/mol. The van der Waals surface area contributed by atoms with Gasteiger partial charge in [-0.1, -0.05) is 0 Å². The van der Waals surface area contributed by atoms with Gasteiger partial charge in [0.05, 0.1) is 11.8 Å². The quantitative estimate of drug-likeness (QED) is 0.624. The molecule has 0 radical (unpaired) electrons. The lowest BCUT2D eigenvalue weighted by molar-refractivity contribution is -0.140. The molecule has 0 bridgehead atoms. The van der Waals surface area contributed by atoms with Crippen LogP contribution in [-0.2, 0) is 6.18 Å². The number of aromatic nitrogens is 1. The molecular formula is C13H6F5NO. The Kier molecular flexibility index (Phi) is 3.52. The van der Waals surface area contributed by atoms with Crippen LogP contribution in [0.1, 0.15) is 21.6 Å². The SMILES string of the molecule is O=C(c1ccc(F)c(C(F)(F)F)c1)c1ccc(F)cn1. The summed E-state index contributed by atoms with van der Waals surface area (Å²) in [5.41, 5.74) is -2.14. The van der Waals surface area contributed by atoms with E-state index in [-0.39, 0.29) is 11.3 Å². The molecule has 1 aromatic carbocycles. The highest BCUT2D eigenvalue weighted by Gasteiger charge is 2.34. The third-order valence-electron chi connectivity index (χ3n) is 2.49. The molecule has 1 heterocycles. The van der Waals surface area contributed by atoms with E-state index in [9.17, 15) is 26.7 Å². The molecule has 2 nitrogen and oxygen atoms in total. The normalized spacial score (nSPS) is 11.4. The average Bonchev–Trinajstić information content (AvgIpc) is 2.38. The molecule has 0 saturated heterocycles. The van der Waals surface area contributed by atoms with E-state index in [1.165, 1.54) is 0 Å². The zero-order chi connectivity index (χ0) is 14.9. The minimum Gasteiger partial charge on any atom is -0.287 e. The second kappa shape index (κ2) is 4.99. The van der Waals surface area contributed by atoms with Crippen molar-refractivity contribution in [3.05, 3.63) is 65.0 Å². The van der Waals surface area contributed by atoms with Crippen LogP contribution in [0.5, 0.6) is 0 Å². The van der Waals surface area contributed by atoms with Crippen LogP contribution >= 0.6 is 0 Å². The third-order valence-corrected chi connectivity index (χ3v) is 2.49. The first-order valence-corrected chi connectivity index (χ1v) is 5.32. The smallest absolute Gasteiger partial charge is 0.287 e. The van der Waals surface area contributed by atoms with Crippen LogP contribution < -0.4 is 0 Å². The highest BCUT2D eigenvalue weighted by molar-refractivity contribution is 6.07. The van der Waals surface area contributed by atoms with E-state index >= 15 is 0 Å². The minimum atomic E-state index is -4.91. The maximum absolute atomic E-state index is 13.1. The number of halogens is 5. The summed E-state index contributed by atoms with van der Waals surface area (Å²) in [7, 11) is 0. The van der Waals surface area contributed by atoms with Gasteiger partial charge in [-0.05, 0) is 30.3 Å². The zero-order valence-corrected chi connectivity index (χ0v) is 9.71. The molecule has 0 aliphatic heterocycles. The number of nitrogens with zero attached hydrogens (tertiary/aromatic N) is 1. The van der Waals surface area contributed by atoms with Gasteiger partial charge in [0, 0.05) is 5.56 Å². The number of carbonyl (C=O) groups excluding carboxylic acids is 1. The number of carbonyl (C=O) groups is 1. The first-order chi connectivity index (χ1) is 9.29. The van der Waals surface area contributed by atoms with E-state index in [0.29, 0.717) is 12.1 Å². The summed E-state index contributed by atoms with van der Waals surface area (Å²) in [5, 5.41) is 0. The van der Waals surface area contributed by atoms with E-state index in [2.05, 4.69) is 4.98 Å². The molecule has 0 aliphatic carbocycles. The Bertz CT molecular complexity index is 649. The second-order valence-corrected chi connectivity index (χ2v) is 3.88. The first kappa shape index (κ1) is 14.1. The molecule has 20 heavy (non-hydrogen) atoms. The summed E-state index contributed by atoms with van der Waals surface area (Å²) in [6.07, 6.45) is -4.14. The van der Waals surface area contributed by atoms with Crippen molar-refractivity contribution in [2.75, 3.05) is 0 Å². The molecular weight excluding hydrogens is 281 g/mol. The predicted octanol–water partition coefficient (Wildman–Crippen LogP) is 3.61. The highest BCUT2D eigenvalue weighted by atomic mass is 19.4. The van der Waals surface area contributed by atoms with Gasteiger partial charge in [0.25, 0.3) is 0 Å². The lowest BCUT2D eigenvalue weighted by Gasteiger charge is -2.09. The van der Waals surface area contributed by atoms with Crippen LogP contribution in [0.4, 0.5) is 22.0 Å². The van der Waals surface area contributed by atoms with E-state index in [1.54, 1.807) is 0 Å². The lowest BCUT2D eigenvalue weighted by Crippen LogP contribution is -2.11. The summed E-state index contributed by atoms with van der Waals surface area (Å²) < 4.78 is 63.3. The van der Waals surface area contributed by atoms with Crippen molar-refractivity contribution in [3.8, 4) is 0 Å². The average molecular weight is 287 g/mol. The van der Waals surface area contributed by atoms with Crippen molar-refractivity contribution >= 4 is 5.78 Å². The number of alkyl halides is 3. The molecule has 0 fully saturated rings. The van der Waals surface area contributed by atoms with Gasteiger partial charge in [0.15, 0.2) is 0 Å². The van der Waals surface area contributed by atoms with Gasteiger partial charge in [-0.2, -0.15) is 13.2 Å².